The van der Waals surface area contributed by atoms with Crippen molar-refractivity contribution in [2.75, 3.05) is 5.32 Å². The van der Waals surface area contributed by atoms with Gasteiger partial charge < -0.3 is 9.73 Å². The van der Waals surface area contributed by atoms with E-state index in [0.29, 0.717) is 21.6 Å². The van der Waals surface area contributed by atoms with Gasteiger partial charge in [0.15, 0.2) is 5.09 Å². The number of carbonyl (C=O) groups excluding carboxylic acids is 1. The van der Waals surface area contributed by atoms with Crippen molar-refractivity contribution in [2.45, 2.75) is 23.8 Å². The van der Waals surface area contributed by atoms with Gasteiger partial charge in [-0.3, -0.25) is 4.79 Å². The first-order valence-corrected chi connectivity index (χ1v) is 9.68. The zero-order valence-corrected chi connectivity index (χ0v) is 16.9. The van der Waals surface area contributed by atoms with Crippen LogP contribution in [0.3, 0.4) is 0 Å². The van der Waals surface area contributed by atoms with Gasteiger partial charge in [-0.25, -0.2) is 0 Å². The molecule has 0 radical (unpaired) electrons. The van der Waals surface area contributed by atoms with Crippen LogP contribution in [-0.2, 0) is 4.79 Å². The van der Waals surface area contributed by atoms with E-state index in [0.717, 1.165) is 16.0 Å². The molecular weight excluding hydrogens is 392 g/mol. The first kappa shape index (κ1) is 19.8. The highest BCUT2D eigenvalue weighted by molar-refractivity contribution is 7.99. The Bertz CT molecular complexity index is 1080. The molecule has 140 valence electrons. The van der Waals surface area contributed by atoms with E-state index in [1.807, 2.05) is 50.2 Å². The minimum absolute atomic E-state index is 0.0294. The van der Waals surface area contributed by atoms with Crippen LogP contribution < -0.4 is 5.32 Å². The Hall–Kier alpha value is -2.94. The molecule has 1 heterocycles. The number of carbonyl (C=O) groups is 1. The van der Waals surface area contributed by atoms with Crippen LogP contribution in [0.25, 0.3) is 6.08 Å². The molecule has 0 fully saturated rings. The molecule has 0 bridgehead atoms. The third-order valence-corrected chi connectivity index (χ3v) is 5.11. The molecule has 0 aliphatic carbocycles. The van der Waals surface area contributed by atoms with E-state index in [1.54, 1.807) is 24.3 Å². The summed E-state index contributed by atoms with van der Waals surface area (Å²) in [5.41, 5.74) is 2.61. The van der Waals surface area contributed by atoms with Gasteiger partial charge in [-0.1, -0.05) is 35.5 Å². The second-order valence-electron chi connectivity index (χ2n) is 6.16. The largest absolute Gasteiger partial charge is 0.450 e. The average Bonchev–Trinajstić information content (AvgIpc) is 3.11. The highest BCUT2D eigenvalue weighted by Gasteiger charge is 2.12. The number of benzene rings is 2. The Morgan fingerprint density at radius 2 is 1.89 bits per heavy atom. The smallest absolute Gasteiger partial charge is 0.266 e. The van der Waals surface area contributed by atoms with Crippen molar-refractivity contribution in [3.63, 3.8) is 0 Å². The topological polar surface area (TPSA) is 66.0 Å². The normalized spacial score (nSPS) is 11.1. The molecule has 2 aromatic carbocycles. The number of anilines is 1. The molecule has 28 heavy (non-hydrogen) atoms. The van der Waals surface area contributed by atoms with E-state index in [-0.39, 0.29) is 5.57 Å². The van der Waals surface area contributed by atoms with Crippen molar-refractivity contribution in [1.29, 1.82) is 5.26 Å². The molecule has 4 nitrogen and oxygen atoms in total. The Balaban J connectivity index is 1.74. The highest BCUT2D eigenvalue weighted by Crippen LogP contribution is 2.30. The van der Waals surface area contributed by atoms with Crippen LogP contribution in [0, 0.1) is 25.2 Å². The van der Waals surface area contributed by atoms with Gasteiger partial charge in [0.1, 0.15) is 17.4 Å². The maximum absolute atomic E-state index is 12.5. The maximum atomic E-state index is 12.5. The van der Waals surface area contributed by atoms with Gasteiger partial charge in [-0.15, -0.1) is 0 Å². The van der Waals surface area contributed by atoms with Crippen LogP contribution >= 0.6 is 23.4 Å². The molecule has 0 aliphatic rings. The van der Waals surface area contributed by atoms with Gasteiger partial charge in [-0.2, -0.15) is 5.26 Å². The lowest BCUT2D eigenvalue weighted by Gasteiger charge is -2.08. The Kier molecular flexibility index (Phi) is 6.25. The first-order chi connectivity index (χ1) is 13.4. The van der Waals surface area contributed by atoms with Crippen molar-refractivity contribution in [2.24, 2.45) is 0 Å². The molecule has 0 aliphatic heterocycles. The van der Waals surface area contributed by atoms with E-state index in [2.05, 4.69) is 5.32 Å². The number of halogens is 1. The summed E-state index contributed by atoms with van der Waals surface area (Å²) in [4.78, 5) is 13.5. The molecule has 1 aromatic heterocycles. The van der Waals surface area contributed by atoms with Crippen LogP contribution in [0.5, 0.6) is 0 Å². The number of hydrogen-bond acceptors (Lipinski definition) is 4. The summed E-state index contributed by atoms with van der Waals surface area (Å²) in [6.07, 6.45) is 1.44. The number of aryl methyl sites for hydroxylation is 2. The predicted molar refractivity (Wildman–Crippen MR) is 112 cm³/mol. The summed E-state index contributed by atoms with van der Waals surface area (Å²) < 4.78 is 5.72. The van der Waals surface area contributed by atoms with Crippen LogP contribution in [-0.4, -0.2) is 5.91 Å². The fourth-order valence-electron chi connectivity index (χ4n) is 2.44. The lowest BCUT2D eigenvalue weighted by Crippen LogP contribution is -2.14. The number of rotatable bonds is 5. The number of amides is 1. The van der Waals surface area contributed by atoms with Gasteiger partial charge >= 0.3 is 0 Å². The Morgan fingerprint density at radius 1 is 1.14 bits per heavy atom. The Morgan fingerprint density at radius 3 is 2.61 bits per heavy atom. The number of nitriles is 1. The zero-order valence-electron chi connectivity index (χ0n) is 15.3. The Labute approximate surface area is 172 Å². The molecule has 3 aromatic rings. The van der Waals surface area contributed by atoms with E-state index in [4.69, 9.17) is 16.0 Å². The third-order valence-electron chi connectivity index (χ3n) is 3.93. The highest BCUT2D eigenvalue weighted by atomic mass is 35.5. The summed E-state index contributed by atoms with van der Waals surface area (Å²) in [6, 6.07) is 18.6. The lowest BCUT2D eigenvalue weighted by atomic mass is 10.1. The molecule has 0 atom stereocenters. The van der Waals surface area contributed by atoms with Gasteiger partial charge in [-0.05, 0) is 67.4 Å². The molecule has 0 spiro atoms. The van der Waals surface area contributed by atoms with Gasteiger partial charge in [0, 0.05) is 21.7 Å². The fourth-order valence-corrected chi connectivity index (χ4v) is 3.34. The zero-order chi connectivity index (χ0) is 20.1. The maximum Gasteiger partial charge on any atom is 0.266 e. The minimum Gasteiger partial charge on any atom is -0.450 e. The average molecular weight is 409 g/mol. The molecular formula is C22H17ClN2O2S. The van der Waals surface area contributed by atoms with Crippen LogP contribution in [0.2, 0.25) is 5.02 Å². The standard InChI is InChI=1S/C22H17ClN2O2S/c1-14-3-4-15(2)20(11-14)25-22(26)16(13-24)12-18-7-10-21(27-18)28-19-8-5-17(23)6-9-19/h3-12H,1-2H3,(H,25,26)/b16-12+. The predicted octanol–water partition coefficient (Wildman–Crippen LogP) is 6.25. The van der Waals surface area contributed by atoms with Crippen molar-refractivity contribution in [3.8, 4) is 6.07 Å². The number of nitrogens with zero attached hydrogens (tertiary/aromatic N) is 1. The number of nitrogens with one attached hydrogen (secondary N) is 1. The molecule has 1 amide bonds. The summed E-state index contributed by atoms with van der Waals surface area (Å²) in [5, 5.41) is 13.5. The molecule has 6 heteroatoms. The molecule has 1 N–H and O–H groups in total. The molecule has 0 saturated heterocycles. The number of furan rings is 1. The second-order valence-corrected chi connectivity index (χ2v) is 7.67. The second kappa shape index (κ2) is 8.83. The monoisotopic (exact) mass is 408 g/mol. The van der Waals surface area contributed by atoms with Crippen LogP contribution in [0.15, 0.2) is 74.6 Å². The molecule has 0 unspecified atom stereocenters. The van der Waals surface area contributed by atoms with Crippen LogP contribution in [0.1, 0.15) is 16.9 Å². The fraction of sp³-hybridized carbons (Fsp3) is 0.0909. The van der Waals surface area contributed by atoms with Gasteiger partial charge in [0.25, 0.3) is 5.91 Å². The summed E-state index contributed by atoms with van der Waals surface area (Å²) in [7, 11) is 0. The van der Waals surface area contributed by atoms with E-state index in [9.17, 15) is 10.1 Å². The molecule has 3 rings (SSSR count). The SMILES string of the molecule is Cc1ccc(C)c(NC(=O)/C(C#N)=C/c2ccc(Sc3ccc(Cl)cc3)o2)c1. The van der Waals surface area contributed by atoms with Crippen molar-refractivity contribution < 1.29 is 9.21 Å². The van der Waals surface area contributed by atoms with E-state index < -0.39 is 5.91 Å². The summed E-state index contributed by atoms with van der Waals surface area (Å²) in [6.45, 7) is 3.84. The van der Waals surface area contributed by atoms with Gasteiger partial charge in [0.2, 0.25) is 0 Å². The summed E-state index contributed by atoms with van der Waals surface area (Å²) in [5.74, 6) is -0.0383. The number of hydrogen-bond donors (Lipinski definition) is 1. The van der Waals surface area contributed by atoms with Crippen molar-refractivity contribution in [3.05, 3.63) is 82.1 Å². The quantitative estimate of drug-likeness (QED) is 0.400. The summed E-state index contributed by atoms with van der Waals surface area (Å²) >= 11 is 7.32. The first-order valence-electron chi connectivity index (χ1n) is 8.48. The van der Waals surface area contributed by atoms with E-state index >= 15 is 0 Å². The van der Waals surface area contributed by atoms with Crippen molar-refractivity contribution in [1.82, 2.24) is 0 Å². The lowest BCUT2D eigenvalue weighted by molar-refractivity contribution is -0.112. The molecule has 0 saturated carbocycles. The minimum atomic E-state index is -0.473. The van der Waals surface area contributed by atoms with E-state index in [1.165, 1.54) is 17.8 Å². The van der Waals surface area contributed by atoms with Crippen LogP contribution in [0.4, 0.5) is 5.69 Å². The van der Waals surface area contributed by atoms with Crippen molar-refractivity contribution >= 4 is 41.0 Å². The third kappa shape index (κ3) is 5.07. The van der Waals surface area contributed by atoms with Gasteiger partial charge in [0.05, 0.1) is 0 Å².